The van der Waals surface area contributed by atoms with Crippen LogP contribution in [0.5, 0.6) is 0 Å². The van der Waals surface area contributed by atoms with Gasteiger partial charge in [-0.3, -0.25) is 4.79 Å². The second-order valence-corrected chi connectivity index (χ2v) is 10.0. The van der Waals surface area contributed by atoms with Gasteiger partial charge >= 0.3 is 5.97 Å². The van der Waals surface area contributed by atoms with Crippen LogP contribution in [0.2, 0.25) is 0 Å². The van der Waals surface area contributed by atoms with Gasteiger partial charge in [0, 0.05) is 18.2 Å². The third-order valence-corrected chi connectivity index (χ3v) is 8.34. The maximum absolute atomic E-state index is 15.4. The van der Waals surface area contributed by atoms with Gasteiger partial charge in [-0.2, -0.15) is 0 Å². The Morgan fingerprint density at radius 3 is 2.84 bits per heavy atom. The third-order valence-electron chi connectivity index (χ3n) is 8.34. The number of carbonyl (C=O) groups excluding carboxylic acids is 1. The predicted molar refractivity (Wildman–Crippen MR) is 112 cm³/mol. The molecule has 172 valence electrons. The molecule has 5 aliphatic rings. The van der Waals surface area contributed by atoms with Gasteiger partial charge in [0.1, 0.15) is 11.7 Å². The molecule has 31 heavy (non-hydrogen) atoms. The summed E-state index contributed by atoms with van der Waals surface area (Å²) in [6, 6.07) is -0.144. The van der Waals surface area contributed by atoms with Gasteiger partial charge in [0.25, 0.3) is 0 Å². The van der Waals surface area contributed by atoms with Crippen LogP contribution in [0.1, 0.15) is 51.4 Å². The number of nitrogens with one attached hydrogen (secondary N) is 1. The summed E-state index contributed by atoms with van der Waals surface area (Å²) in [5.74, 6) is -2.31. The number of aliphatic carboxylic acids is 1. The molecular weight excluding hydrogens is 401 g/mol. The number of carbonyl (C=O) groups is 2. The standard InChI is InChI=1S/C23H34FN3O4/c1-26-10-4-5-13(26)8-9-25-19-16(24)11-14-20-22(19)31-18-7-3-2-6-17(18)27(20)12-15(21(14)28)23(29)30/h12-14,16-20,22,25H,2-11H2,1H3,(H,29,30). The number of ketones is 1. The van der Waals surface area contributed by atoms with Crippen molar-refractivity contribution in [2.45, 2.75) is 93.9 Å². The van der Waals surface area contributed by atoms with Crippen molar-refractivity contribution in [3.8, 4) is 0 Å². The highest BCUT2D eigenvalue weighted by atomic mass is 19.1. The van der Waals surface area contributed by atoms with E-state index >= 15 is 4.39 Å². The first-order valence-electron chi connectivity index (χ1n) is 12.0. The van der Waals surface area contributed by atoms with Gasteiger partial charge in [-0.25, -0.2) is 9.18 Å². The molecule has 4 fully saturated rings. The predicted octanol–water partition coefficient (Wildman–Crippen LogP) is 1.72. The molecule has 2 saturated carbocycles. The lowest BCUT2D eigenvalue weighted by molar-refractivity contribution is -0.197. The number of hydrogen-bond donors (Lipinski definition) is 2. The van der Waals surface area contributed by atoms with E-state index in [9.17, 15) is 14.7 Å². The number of carboxylic acids is 1. The summed E-state index contributed by atoms with van der Waals surface area (Å²) in [6.45, 7) is 1.84. The number of fused-ring (bicyclic) bond motifs is 2. The number of ether oxygens (including phenoxy) is 1. The molecule has 7 nitrogen and oxygen atoms in total. The van der Waals surface area contributed by atoms with Crippen molar-refractivity contribution < 1.29 is 23.8 Å². The highest BCUT2D eigenvalue weighted by Crippen LogP contribution is 2.45. The van der Waals surface area contributed by atoms with Crippen molar-refractivity contribution in [3.63, 3.8) is 0 Å². The molecule has 0 amide bonds. The molecule has 2 aliphatic carbocycles. The molecule has 0 aromatic heterocycles. The topological polar surface area (TPSA) is 82.1 Å². The molecule has 5 rings (SSSR count). The van der Waals surface area contributed by atoms with Crippen LogP contribution in [-0.4, -0.2) is 89.3 Å². The average molecular weight is 436 g/mol. The van der Waals surface area contributed by atoms with Crippen molar-refractivity contribution in [2.24, 2.45) is 5.92 Å². The van der Waals surface area contributed by atoms with Crippen LogP contribution in [0, 0.1) is 5.92 Å². The molecule has 0 spiro atoms. The second-order valence-electron chi connectivity index (χ2n) is 10.0. The van der Waals surface area contributed by atoms with Crippen LogP contribution in [0.4, 0.5) is 4.39 Å². The minimum Gasteiger partial charge on any atom is -0.478 e. The maximum Gasteiger partial charge on any atom is 0.340 e. The van der Waals surface area contributed by atoms with E-state index in [1.165, 1.54) is 12.8 Å². The lowest BCUT2D eigenvalue weighted by Crippen LogP contribution is -2.72. The Hall–Kier alpha value is -1.51. The van der Waals surface area contributed by atoms with Gasteiger partial charge < -0.3 is 25.0 Å². The van der Waals surface area contributed by atoms with Crippen LogP contribution < -0.4 is 5.32 Å². The lowest BCUT2D eigenvalue weighted by atomic mass is 9.70. The number of alkyl halides is 1. The molecule has 3 aliphatic heterocycles. The number of hydrogen-bond acceptors (Lipinski definition) is 6. The van der Waals surface area contributed by atoms with Crippen LogP contribution in [0.3, 0.4) is 0 Å². The Balaban J connectivity index is 1.39. The van der Waals surface area contributed by atoms with Gasteiger partial charge in [-0.15, -0.1) is 0 Å². The van der Waals surface area contributed by atoms with E-state index in [0.29, 0.717) is 6.04 Å². The van der Waals surface area contributed by atoms with Crippen LogP contribution >= 0.6 is 0 Å². The smallest absolute Gasteiger partial charge is 0.340 e. The second kappa shape index (κ2) is 8.45. The number of halogens is 1. The zero-order chi connectivity index (χ0) is 21.7. The fourth-order valence-electron chi connectivity index (χ4n) is 6.74. The molecule has 2 saturated heterocycles. The first-order valence-corrected chi connectivity index (χ1v) is 12.0. The Bertz CT molecular complexity index is 761. The van der Waals surface area contributed by atoms with E-state index in [4.69, 9.17) is 4.74 Å². The van der Waals surface area contributed by atoms with E-state index in [1.807, 2.05) is 0 Å². The van der Waals surface area contributed by atoms with Gasteiger partial charge in [-0.1, -0.05) is 12.8 Å². The van der Waals surface area contributed by atoms with Crippen LogP contribution in [0.25, 0.3) is 0 Å². The fourth-order valence-corrected chi connectivity index (χ4v) is 6.74. The average Bonchev–Trinajstić information content (AvgIpc) is 3.16. The van der Waals surface area contributed by atoms with Crippen LogP contribution in [0.15, 0.2) is 11.8 Å². The molecular formula is C23H34FN3O4. The molecule has 0 bridgehead atoms. The van der Waals surface area contributed by atoms with Gasteiger partial charge in [0.2, 0.25) is 0 Å². The van der Waals surface area contributed by atoms with Gasteiger partial charge in [-0.05, 0) is 58.7 Å². The Labute approximate surface area is 183 Å². The number of likely N-dealkylation sites (tertiary alicyclic amines) is 1. The molecule has 0 aromatic rings. The molecule has 8 heteroatoms. The van der Waals surface area contributed by atoms with Crippen molar-refractivity contribution in [1.82, 2.24) is 15.1 Å². The fraction of sp³-hybridized carbons (Fsp3) is 0.826. The Morgan fingerprint density at radius 1 is 1.29 bits per heavy atom. The lowest BCUT2D eigenvalue weighted by Gasteiger charge is -2.59. The van der Waals surface area contributed by atoms with E-state index in [2.05, 4.69) is 22.2 Å². The summed E-state index contributed by atoms with van der Waals surface area (Å²) in [7, 11) is 2.15. The minimum atomic E-state index is -1.23. The molecule has 8 atom stereocenters. The summed E-state index contributed by atoms with van der Waals surface area (Å²) in [5, 5.41) is 13.0. The first-order chi connectivity index (χ1) is 15.0. The molecule has 8 unspecified atom stereocenters. The van der Waals surface area contributed by atoms with E-state index in [0.717, 1.165) is 45.2 Å². The Kier molecular flexibility index (Phi) is 5.81. The van der Waals surface area contributed by atoms with Crippen molar-refractivity contribution in [1.29, 1.82) is 0 Å². The summed E-state index contributed by atoms with van der Waals surface area (Å²) in [5.41, 5.74) is -0.200. The van der Waals surface area contributed by atoms with Gasteiger partial charge in [0.15, 0.2) is 5.78 Å². The van der Waals surface area contributed by atoms with Gasteiger partial charge in [0.05, 0.1) is 30.3 Å². The molecule has 0 radical (unpaired) electrons. The number of nitrogens with zero attached hydrogens (tertiary/aromatic N) is 2. The molecule has 2 N–H and O–H groups in total. The highest BCUT2D eigenvalue weighted by molar-refractivity contribution is 6.18. The monoisotopic (exact) mass is 435 g/mol. The zero-order valence-corrected chi connectivity index (χ0v) is 18.2. The van der Waals surface area contributed by atoms with Crippen molar-refractivity contribution in [3.05, 3.63) is 11.8 Å². The van der Waals surface area contributed by atoms with E-state index < -0.39 is 36.0 Å². The van der Waals surface area contributed by atoms with Crippen LogP contribution in [-0.2, 0) is 14.3 Å². The number of carboxylic acid groups (broad SMARTS) is 1. The van der Waals surface area contributed by atoms with Crippen molar-refractivity contribution in [2.75, 3.05) is 20.1 Å². The quantitative estimate of drug-likeness (QED) is 0.637. The highest BCUT2D eigenvalue weighted by Gasteiger charge is 2.58. The summed E-state index contributed by atoms with van der Waals surface area (Å²) in [6.07, 6.45) is 7.21. The number of Topliss-reactive ketones (excluding diaryl/α,β-unsaturated/α-hetero) is 1. The normalized spacial score (nSPS) is 42.7. The SMILES string of the molecule is CN1CCCC1CCNC1C(F)CC2C(=O)C(C(=O)O)=CN3C4CCCCC4OC1C23. The molecule has 0 aromatic carbocycles. The minimum absolute atomic E-state index is 0.0364. The van der Waals surface area contributed by atoms with E-state index in [1.54, 1.807) is 6.20 Å². The number of morpholine rings is 1. The van der Waals surface area contributed by atoms with Crippen molar-refractivity contribution >= 4 is 11.8 Å². The summed E-state index contributed by atoms with van der Waals surface area (Å²) in [4.78, 5) is 29.1. The third kappa shape index (κ3) is 3.70. The summed E-state index contributed by atoms with van der Waals surface area (Å²) >= 11 is 0. The Morgan fingerprint density at radius 2 is 2.10 bits per heavy atom. The van der Waals surface area contributed by atoms with E-state index in [-0.39, 0.29) is 30.2 Å². The first kappa shape index (κ1) is 21.3. The zero-order valence-electron chi connectivity index (χ0n) is 18.2. The molecule has 3 heterocycles. The number of rotatable bonds is 5. The largest absolute Gasteiger partial charge is 0.478 e. The summed E-state index contributed by atoms with van der Waals surface area (Å²) < 4.78 is 21.9. The maximum atomic E-state index is 15.4.